The van der Waals surface area contributed by atoms with Crippen LogP contribution in [0.4, 0.5) is 10.5 Å². The largest absolute Gasteiger partial charge is 0.470 e. The summed E-state index contributed by atoms with van der Waals surface area (Å²) in [6.07, 6.45) is 0. The second kappa shape index (κ2) is 6.19. The molecule has 0 heterocycles. The second-order valence-corrected chi connectivity index (χ2v) is 2.76. The van der Waals surface area contributed by atoms with Crippen LogP contribution in [0.15, 0.2) is 35.3 Å². The highest BCUT2D eigenvalue weighted by molar-refractivity contribution is 6.03. The Hall–Kier alpha value is -2.35. The van der Waals surface area contributed by atoms with Crippen LogP contribution < -0.4 is 5.32 Å². The van der Waals surface area contributed by atoms with E-state index in [4.69, 9.17) is 10.00 Å². The van der Waals surface area contributed by atoms with Crippen molar-refractivity contribution in [1.82, 2.24) is 0 Å². The molecule has 0 atom stereocenters. The summed E-state index contributed by atoms with van der Waals surface area (Å²) in [7, 11) is 0. The molecule has 0 fully saturated rings. The lowest BCUT2D eigenvalue weighted by Gasteiger charge is -2.01. The number of urea groups is 1. The van der Waals surface area contributed by atoms with Gasteiger partial charge in [-0.15, -0.1) is 4.99 Å². The number of anilines is 1. The average Bonchev–Trinajstić information content (AvgIpc) is 2.29. The van der Waals surface area contributed by atoms with E-state index >= 15 is 0 Å². The van der Waals surface area contributed by atoms with Gasteiger partial charge >= 0.3 is 6.03 Å². The van der Waals surface area contributed by atoms with E-state index in [1.807, 2.05) is 6.07 Å². The maximum absolute atomic E-state index is 11.3. The molecule has 0 unspecified atom stereocenters. The highest BCUT2D eigenvalue weighted by Gasteiger charge is 2.03. The fourth-order valence-corrected chi connectivity index (χ4v) is 0.991. The molecule has 16 heavy (non-hydrogen) atoms. The summed E-state index contributed by atoms with van der Waals surface area (Å²) in [5.41, 5.74) is 0.616. The van der Waals surface area contributed by atoms with Gasteiger partial charge < -0.3 is 10.1 Å². The Morgan fingerprint density at radius 2 is 2.19 bits per heavy atom. The molecule has 0 saturated carbocycles. The molecule has 0 aliphatic carbocycles. The Morgan fingerprint density at radius 3 is 2.75 bits per heavy atom. The zero-order valence-electron chi connectivity index (χ0n) is 8.80. The second-order valence-electron chi connectivity index (χ2n) is 2.76. The molecule has 0 bridgehead atoms. The van der Waals surface area contributed by atoms with Crippen molar-refractivity contribution in [3.8, 4) is 6.07 Å². The number of hydrogen-bond donors (Lipinski definition) is 1. The van der Waals surface area contributed by atoms with Crippen molar-refractivity contribution in [3.63, 3.8) is 0 Å². The zero-order chi connectivity index (χ0) is 11.8. The third kappa shape index (κ3) is 3.80. The molecule has 0 spiro atoms. The van der Waals surface area contributed by atoms with E-state index in [9.17, 15) is 4.79 Å². The summed E-state index contributed by atoms with van der Waals surface area (Å²) >= 11 is 0. The Bertz CT molecular complexity index is 421. The molecular weight excluding hydrogens is 206 g/mol. The van der Waals surface area contributed by atoms with Crippen molar-refractivity contribution in [2.45, 2.75) is 6.92 Å². The van der Waals surface area contributed by atoms with Crippen molar-refractivity contribution >= 4 is 17.6 Å². The number of ether oxygens (including phenoxy) is 1. The summed E-state index contributed by atoms with van der Waals surface area (Å²) in [5, 5.41) is 11.1. The highest BCUT2D eigenvalue weighted by atomic mass is 16.5. The summed E-state index contributed by atoms with van der Waals surface area (Å²) in [6, 6.07) is 9.91. The Morgan fingerprint density at radius 1 is 1.50 bits per heavy atom. The number of carbonyl (C=O) groups excluding carboxylic acids is 1. The van der Waals surface area contributed by atoms with Gasteiger partial charge in [0.2, 0.25) is 0 Å². The lowest BCUT2D eigenvalue weighted by Crippen LogP contribution is -2.11. The number of nitriles is 1. The quantitative estimate of drug-likeness (QED) is 0.609. The fourth-order valence-electron chi connectivity index (χ4n) is 0.991. The number of nitrogens with one attached hydrogen (secondary N) is 1. The average molecular weight is 217 g/mol. The predicted octanol–water partition coefficient (Wildman–Crippen LogP) is 2.18. The number of rotatable bonds is 2. The van der Waals surface area contributed by atoms with Gasteiger partial charge in [-0.05, 0) is 19.1 Å². The first-order valence-corrected chi connectivity index (χ1v) is 4.74. The van der Waals surface area contributed by atoms with Crippen LogP contribution in [0.25, 0.3) is 0 Å². The van der Waals surface area contributed by atoms with E-state index < -0.39 is 6.03 Å². The molecule has 82 valence electrons. The lowest BCUT2D eigenvalue weighted by molar-refractivity contribution is 0.258. The normalized spacial score (nSPS) is 10.4. The maximum Gasteiger partial charge on any atom is 0.349 e. The van der Waals surface area contributed by atoms with Gasteiger partial charge in [0.05, 0.1) is 6.61 Å². The minimum absolute atomic E-state index is 0.240. The Kier molecular flexibility index (Phi) is 4.54. The minimum atomic E-state index is -0.629. The molecule has 1 aromatic rings. The van der Waals surface area contributed by atoms with Gasteiger partial charge in [0.15, 0.2) is 6.07 Å². The first kappa shape index (κ1) is 11.7. The van der Waals surface area contributed by atoms with E-state index in [0.29, 0.717) is 12.3 Å². The number of para-hydroxylation sites is 1. The predicted molar refractivity (Wildman–Crippen MR) is 60.1 cm³/mol. The smallest absolute Gasteiger partial charge is 0.349 e. The van der Waals surface area contributed by atoms with Crippen LogP contribution in [-0.2, 0) is 4.74 Å². The number of aliphatic imine (C=N–C) groups is 1. The minimum Gasteiger partial charge on any atom is -0.470 e. The molecule has 1 rings (SSSR count). The molecule has 0 saturated heterocycles. The zero-order valence-corrected chi connectivity index (χ0v) is 8.80. The van der Waals surface area contributed by atoms with Gasteiger partial charge in [-0.2, -0.15) is 5.26 Å². The van der Waals surface area contributed by atoms with E-state index in [0.717, 1.165) is 0 Å². The number of carbonyl (C=O) groups is 1. The van der Waals surface area contributed by atoms with Crippen LogP contribution in [0.3, 0.4) is 0 Å². The van der Waals surface area contributed by atoms with Crippen LogP contribution in [0.2, 0.25) is 0 Å². The van der Waals surface area contributed by atoms with Crippen molar-refractivity contribution < 1.29 is 9.53 Å². The van der Waals surface area contributed by atoms with Crippen LogP contribution in [0.5, 0.6) is 0 Å². The molecule has 0 aliphatic heterocycles. The molecule has 5 heteroatoms. The third-order valence-corrected chi connectivity index (χ3v) is 1.60. The van der Waals surface area contributed by atoms with Crippen molar-refractivity contribution in [2.24, 2.45) is 4.99 Å². The summed E-state index contributed by atoms with van der Waals surface area (Å²) in [4.78, 5) is 14.8. The van der Waals surface area contributed by atoms with Crippen molar-refractivity contribution in [3.05, 3.63) is 30.3 Å². The van der Waals surface area contributed by atoms with Gasteiger partial charge in [0.1, 0.15) is 0 Å². The number of benzene rings is 1. The van der Waals surface area contributed by atoms with Gasteiger partial charge in [-0.25, -0.2) is 4.79 Å². The molecule has 1 aromatic carbocycles. The molecule has 2 amide bonds. The van der Waals surface area contributed by atoms with Gasteiger partial charge in [0, 0.05) is 5.69 Å². The van der Waals surface area contributed by atoms with Gasteiger partial charge in [-0.3, -0.25) is 0 Å². The number of hydrogen-bond acceptors (Lipinski definition) is 3. The van der Waals surface area contributed by atoms with E-state index in [2.05, 4.69) is 10.3 Å². The van der Waals surface area contributed by atoms with Crippen molar-refractivity contribution in [2.75, 3.05) is 11.9 Å². The van der Waals surface area contributed by atoms with E-state index in [1.54, 1.807) is 37.3 Å². The molecule has 0 aromatic heterocycles. The maximum atomic E-state index is 11.3. The molecule has 0 radical (unpaired) electrons. The Balaban J connectivity index is 2.63. The van der Waals surface area contributed by atoms with Crippen molar-refractivity contribution in [1.29, 1.82) is 5.26 Å². The van der Waals surface area contributed by atoms with Gasteiger partial charge in [0.25, 0.3) is 5.90 Å². The summed E-state index contributed by atoms with van der Waals surface area (Å²) in [5.74, 6) is -0.240. The fraction of sp³-hybridized carbons (Fsp3) is 0.182. The summed E-state index contributed by atoms with van der Waals surface area (Å²) in [6.45, 7) is 2.01. The first-order chi connectivity index (χ1) is 7.76. The van der Waals surface area contributed by atoms with Crippen LogP contribution in [0.1, 0.15) is 6.92 Å². The number of nitrogens with zero attached hydrogens (tertiary/aromatic N) is 2. The number of amides is 2. The topological polar surface area (TPSA) is 74.5 Å². The molecule has 1 N–H and O–H groups in total. The van der Waals surface area contributed by atoms with E-state index in [1.165, 1.54) is 0 Å². The standard InChI is InChI=1S/C11H11N3O2/c1-2-16-10(8-12)14-11(15)13-9-6-4-3-5-7-9/h3-7H,2H2,1H3,(H,13,15). The lowest BCUT2D eigenvalue weighted by atomic mass is 10.3. The Labute approximate surface area is 93.4 Å². The molecule has 5 nitrogen and oxygen atoms in total. The van der Waals surface area contributed by atoms with Crippen LogP contribution in [0, 0.1) is 11.3 Å². The summed E-state index contributed by atoms with van der Waals surface area (Å²) < 4.78 is 4.83. The van der Waals surface area contributed by atoms with Gasteiger partial charge in [-0.1, -0.05) is 18.2 Å². The van der Waals surface area contributed by atoms with Crippen LogP contribution >= 0.6 is 0 Å². The monoisotopic (exact) mass is 217 g/mol. The SMILES string of the molecule is CCOC(C#N)=NC(=O)Nc1ccccc1. The van der Waals surface area contributed by atoms with E-state index in [-0.39, 0.29) is 5.90 Å². The third-order valence-electron chi connectivity index (χ3n) is 1.60. The molecule has 0 aliphatic rings. The molecular formula is C11H11N3O2. The van der Waals surface area contributed by atoms with Crippen LogP contribution in [-0.4, -0.2) is 18.5 Å². The first-order valence-electron chi connectivity index (χ1n) is 4.74. The highest BCUT2D eigenvalue weighted by Crippen LogP contribution is 2.05.